The second-order valence-electron chi connectivity index (χ2n) is 6.94. The summed E-state index contributed by atoms with van der Waals surface area (Å²) in [5.74, 6) is -0.135. The Morgan fingerprint density at radius 2 is 1.76 bits per heavy atom. The smallest absolute Gasteiger partial charge is 0.225 e. The zero-order valence-electron chi connectivity index (χ0n) is 15.0. The number of rotatable bonds is 7. The van der Waals surface area contributed by atoms with E-state index in [9.17, 15) is 9.59 Å². The normalized spacial score (nSPS) is 11.2. The van der Waals surface area contributed by atoms with Gasteiger partial charge >= 0.3 is 0 Å². The monoisotopic (exact) mass is 343 g/mol. The van der Waals surface area contributed by atoms with E-state index < -0.39 is 5.41 Å². The van der Waals surface area contributed by atoms with Crippen LogP contribution < -0.4 is 10.6 Å². The van der Waals surface area contributed by atoms with Gasteiger partial charge in [-0.1, -0.05) is 45.0 Å². The predicted octanol–water partition coefficient (Wildman–Crippen LogP) is 1.49. The van der Waals surface area contributed by atoms with Gasteiger partial charge in [-0.15, -0.1) is 0 Å². The Bertz CT molecular complexity index is 687. The van der Waals surface area contributed by atoms with Crippen LogP contribution in [-0.2, 0) is 22.7 Å². The van der Waals surface area contributed by atoms with Gasteiger partial charge in [0.25, 0.3) is 0 Å². The van der Waals surface area contributed by atoms with E-state index in [0.717, 1.165) is 11.1 Å². The van der Waals surface area contributed by atoms with Gasteiger partial charge in [0.15, 0.2) is 0 Å². The molecule has 2 rings (SSSR count). The first-order valence-electron chi connectivity index (χ1n) is 8.30. The molecule has 0 fully saturated rings. The SMILES string of the molecule is CC(C)(C)C(=O)NCCC(=O)NCc1ccc(Cn2cncn2)cc1. The molecule has 0 bridgehead atoms. The number of carbonyl (C=O) groups is 2. The lowest BCUT2D eigenvalue weighted by atomic mass is 9.96. The molecule has 1 aromatic heterocycles. The molecule has 0 saturated carbocycles. The molecule has 25 heavy (non-hydrogen) atoms. The third-order valence-corrected chi connectivity index (χ3v) is 3.64. The molecule has 0 spiro atoms. The Morgan fingerprint density at radius 1 is 1.08 bits per heavy atom. The van der Waals surface area contributed by atoms with E-state index in [1.54, 1.807) is 11.0 Å². The lowest BCUT2D eigenvalue weighted by Gasteiger charge is -2.17. The quantitative estimate of drug-likeness (QED) is 0.797. The number of amides is 2. The van der Waals surface area contributed by atoms with Crippen molar-refractivity contribution in [3.05, 3.63) is 48.0 Å². The fraction of sp³-hybridized carbons (Fsp3) is 0.444. The van der Waals surface area contributed by atoms with Crippen LogP contribution in [0, 0.1) is 5.41 Å². The molecule has 1 aromatic carbocycles. The maximum Gasteiger partial charge on any atom is 0.225 e. The third-order valence-electron chi connectivity index (χ3n) is 3.64. The van der Waals surface area contributed by atoms with E-state index in [2.05, 4.69) is 20.7 Å². The highest BCUT2D eigenvalue weighted by Crippen LogP contribution is 2.12. The number of hydrogen-bond donors (Lipinski definition) is 2. The molecular weight excluding hydrogens is 318 g/mol. The molecule has 0 aliphatic heterocycles. The summed E-state index contributed by atoms with van der Waals surface area (Å²) in [4.78, 5) is 27.5. The minimum Gasteiger partial charge on any atom is -0.355 e. The molecule has 2 amide bonds. The molecule has 134 valence electrons. The van der Waals surface area contributed by atoms with Gasteiger partial charge in [0.05, 0.1) is 6.54 Å². The summed E-state index contributed by atoms with van der Waals surface area (Å²) in [6, 6.07) is 7.97. The largest absolute Gasteiger partial charge is 0.355 e. The molecule has 0 atom stereocenters. The minimum atomic E-state index is -0.440. The second kappa shape index (κ2) is 8.41. The maximum atomic E-state index is 11.8. The van der Waals surface area contributed by atoms with E-state index in [0.29, 0.717) is 19.6 Å². The van der Waals surface area contributed by atoms with Crippen molar-refractivity contribution < 1.29 is 9.59 Å². The number of hydrogen-bond acceptors (Lipinski definition) is 4. The van der Waals surface area contributed by atoms with Gasteiger partial charge in [0.1, 0.15) is 12.7 Å². The second-order valence-corrected chi connectivity index (χ2v) is 6.94. The summed E-state index contributed by atoms with van der Waals surface area (Å²) >= 11 is 0. The first-order chi connectivity index (χ1) is 11.8. The zero-order valence-corrected chi connectivity index (χ0v) is 15.0. The maximum absolute atomic E-state index is 11.8. The number of nitrogens with zero attached hydrogens (tertiary/aromatic N) is 3. The van der Waals surface area contributed by atoms with Gasteiger partial charge in [0.2, 0.25) is 11.8 Å². The molecule has 2 aromatic rings. The fourth-order valence-electron chi connectivity index (χ4n) is 2.11. The summed E-state index contributed by atoms with van der Waals surface area (Å²) in [7, 11) is 0. The topological polar surface area (TPSA) is 88.9 Å². The van der Waals surface area contributed by atoms with Gasteiger partial charge in [-0.05, 0) is 11.1 Å². The number of benzene rings is 1. The van der Waals surface area contributed by atoms with Crippen molar-refractivity contribution in [2.75, 3.05) is 6.54 Å². The average Bonchev–Trinajstić information content (AvgIpc) is 3.06. The average molecular weight is 343 g/mol. The van der Waals surface area contributed by atoms with Crippen LogP contribution in [0.5, 0.6) is 0 Å². The molecule has 0 saturated heterocycles. The molecule has 7 heteroatoms. The summed E-state index contributed by atoms with van der Waals surface area (Å²) in [6.07, 6.45) is 3.45. The lowest BCUT2D eigenvalue weighted by molar-refractivity contribution is -0.128. The molecular formula is C18H25N5O2. The standard InChI is InChI=1S/C18H25N5O2/c1-18(2,3)17(25)20-9-8-16(24)21-10-14-4-6-15(7-5-14)11-23-13-19-12-22-23/h4-7,12-13H,8-11H2,1-3H3,(H,20,25)(H,21,24). The van der Waals surface area contributed by atoms with Crippen LogP contribution in [0.3, 0.4) is 0 Å². The van der Waals surface area contributed by atoms with Crippen LogP contribution in [0.2, 0.25) is 0 Å². The van der Waals surface area contributed by atoms with Crippen molar-refractivity contribution in [2.24, 2.45) is 5.41 Å². The molecule has 0 aliphatic rings. The van der Waals surface area contributed by atoms with Gasteiger partial charge in [-0.25, -0.2) is 9.67 Å². The summed E-state index contributed by atoms with van der Waals surface area (Å²) in [5, 5.41) is 9.69. The summed E-state index contributed by atoms with van der Waals surface area (Å²) < 4.78 is 1.75. The van der Waals surface area contributed by atoms with Crippen LogP contribution in [0.4, 0.5) is 0 Å². The Morgan fingerprint density at radius 3 is 2.36 bits per heavy atom. The third kappa shape index (κ3) is 6.37. The van der Waals surface area contributed by atoms with Crippen molar-refractivity contribution in [1.82, 2.24) is 25.4 Å². The van der Waals surface area contributed by atoms with Crippen LogP contribution in [0.15, 0.2) is 36.9 Å². The van der Waals surface area contributed by atoms with E-state index >= 15 is 0 Å². The van der Waals surface area contributed by atoms with Crippen LogP contribution in [0.1, 0.15) is 38.3 Å². The van der Waals surface area contributed by atoms with Crippen molar-refractivity contribution >= 4 is 11.8 Å². The van der Waals surface area contributed by atoms with Gasteiger partial charge < -0.3 is 10.6 Å². The van der Waals surface area contributed by atoms with Crippen LogP contribution in [0.25, 0.3) is 0 Å². The predicted molar refractivity (Wildman–Crippen MR) is 94.5 cm³/mol. The van der Waals surface area contributed by atoms with Crippen molar-refractivity contribution in [2.45, 2.75) is 40.3 Å². The van der Waals surface area contributed by atoms with Gasteiger partial charge in [-0.2, -0.15) is 5.10 Å². The highest BCUT2D eigenvalue weighted by molar-refractivity contribution is 5.82. The van der Waals surface area contributed by atoms with Crippen molar-refractivity contribution in [3.63, 3.8) is 0 Å². The van der Waals surface area contributed by atoms with E-state index in [1.165, 1.54) is 6.33 Å². The summed E-state index contributed by atoms with van der Waals surface area (Å²) in [5.41, 5.74) is 1.70. The Kier molecular flexibility index (Phi) is 6.27. The fourth-order valence-corrected chi connectivity index (χ4v) is 2.11. The van der Waals surface area contributed by atoms with Crippen molar-refractivity contribution in [1.29, 1.82) is 0 Å². The highest BCUT2D eigenvalue weighted by Gasteiger charge is 2.20. The number of aromatic nitrogens is 3. The number of carbonyl (C=O) groups excluding carboxylic acids is 2. The lowest BCUT2D eigenvalue weighted by Crippen LogP contribution is -2.37. The molecule has 0 aliphatic carbocycles. The van der Waals surface area contributed by atoms with E-state index in [1.807, 2.05) is 45.0 Å². The molecule has 0 radical (unpaired) electrons. The summed E-state index contributed by atoms with van der Waals surface area (Å²) in [6.45, 7) is 7.01. The first kappa shape index (κ1) is 18.6. The van der Waals surface area contributed by atoms with Crippen molar-refractivity contribution in [3.8, 4) is 0 Å². The van der Waals surface area contributed by atoms with E-state index in [4.69, 9.17) is 0 Å². The van der Waals surface area contributed by atoms with Crippen LogP contribution >= 0.6 is 0 Å². The van der Waals surface area contributed by atoms with Crippen LogP contribution in [-0.4, -0.2) is 33.1 Å². The Hall–Kier alpha value is -2.70. The Labute approximate surface area is 147 Å². The molecule has 2 N–H and O–H groups in total. The molecule has 0 unspecified atom stereocenters. The molecule has 1 heterocycles. The first-order valence-corrected chi connectivity index (χ1v) is 8.30. The van der Waals surface area contributed by atoms with Gasteiger partial charge in [0, 0.05) is 24.9 Å². The molecule has 7 nitrogen and oxygen atoms in total. The number of nitrogens with one attached hydrogen (secondary N) is 2. The van der Waals surface area contributed by atoms with Gasteiger partial charge in [-0.3, -0.25) is 9.59 Å². The zero-order chi connectivity index (χ0) is 18.3. The van der Waals surface area contributed by atoms with E-state index in [-0.39, 0.29) is 18.2 Å². The Balaban J connectivity index is 1.70. The minimum absolute atomic E-state index is 0.0525. The highest BCUT2D eigenvalue weighted by atomic mass is 16.2.